The molecule has 1 fully saturated rings. The molecule has 0 spiro atoms. The van der Waals surface area contributed by atoms with Crippen molar-refractivity contribution in [3.63, 3.8) is 0 Å². The fourth-order valence-electron chi connectivity index (χ4n) is 1.85. The number of aromatic nitrogens is 2. The molecular weight excluding hydrogens is 204 g/mol. The Hall–Kier alpha value is -1.49. The lowest BCUT2D eigenvalue weighted by Crippen LogP contribution is -2.38. The molecule has 1 aromatic rings. The van der Waals surface area contributed by atoms with Crippen LogP contribution in [0, 0.1) is 5.92 Å². The first kappa shape index (κ1) is 11.0. The van der Waals surface area contributed by atoms with E-state index in [1.807, 2.05) is 0 Å². The number of nitrogens with zero attached hydrogens (tertiary/aromatic N) is 2. The maximum atomic E-state index is 11.7. The monoisotopic (exact) mass is 220 g/mol. The normalized spacial score (nSPS) is 20.4. The van der Waals surface area contributed by atoms with Gasteiger partial charge in [0.05, 0.1) is 5.56 Å². The fourth-order valence-corrected chi connectivity index (χ4v) is 1.85. The van der Waals surface area contributed by atoms with Crippen LogP contribution in [0.2, 0.25) is 0 Å². The molecule has 1 amide bonds. The second-order valence-electron chi connectivity index (χ2n) is 4.05. The van der Waals surface area contributed by atoms with E-state index in [1.165, 1.54) is 31.6 Å². The molecule has 2 rings (SSSR count). The summed E-state index contributed by atoms with van der Waals surface area (Å²) in [7, 11) is 0. The van der Waals surface area contributed by atoms with E-state index in [0.717, 1.165) is 19.6 Å². The van der Waals surface area contributed by atoms with Crippen LogP contribution in [0.5, 0.6) is 0 Å². The van der Waals surface area contributed by atoms with Crippen molar-refractivity contribution < 1.29 is 4.79 Å². The molecule has 5 nitrogen and oxygen atoms in total. The molecule has 0 aliphatic carbocycles. The molecule has 0 aromatic carbocycles. The van der Waals surface area contributed by atoms with Crippen molar-refractivity contribution in [2.75, 3.05) is 19.6 Å². The van der Waals surface area contributed by atoms with Crippen LogP contribution in [-0.4, -0.2) is 35.5 Å². The second kappa shape index (κ2) is 5.55. The molecular formula is C11H16N4O. The van der Waals surface area contributed by atoms with Gasteiger partial charge in [0.1, 0.15) is 6.33 Å². The van der Waals surface area contributed by atoms with Crippen LogP contribution in [0.4, 0.5) is 0 Å². The first-order valence-electron chi connectivity index (χ1n) is 5.60. The first-order chi connectivity index (χ1) is 7.86. The third-order valence-electron chi connectivity index (χ3n) is 2.77. The van der Waals surface area contributed by atoms with Gasteiger partial charge in [0, 0.05) is 18.9 Å². The van der Waals surface area contributed by atoms with Gasteiger partial charge < -0.3 is 10.6 Å². The lowest BCUT2D eigenvalue weighted by atomic mass is 10.00. The van der Waals surface area contributed by atoms with Gasteiger partial charge in [-0.25, -0.2) is 9.97 Å². The Morgan fingerprint density at radius 1 is 1.50 bits per heavy atom. The topological polar surface area (TPSA) is 66.9 Å². The van der Waals surface area contributed by atoms with E-state index < -0.39 is 0 Å². The summed E-state index contributed by atoms with van der Waals surface area (Å²) in [6, 6.07) is 0. The van der Waals surface area contributed by atoms with E-state index in [-0.39, 0.29) is 5.91 Å². The zero-order valence-corrected chi connectivity index (χ0v) is 9.15. The average molecular weight is 220 g/mol. The number of amides is 1. The summed E-state index contributed by atoms with van der Waals surface area (Å²) in [5, 5.41) is 6.23. The standard InChI is InChI=1S/C11H16N4O/c16-11(10-6-13-8-14-7-10)15-5-9-2-1-3-12-4-9/h6-9,12H,1-5H2,(H,15,16). The first-order valence-corrected chi connectivity index (χ1v) is 5.60. The van der Waals surface area contributed by atoms with Gasteiger partial charge in [-0.15, -0.1) is 0 Å². The highest BCUT2D eigenvalue weighted by atomic mass is 16.1. The van der Waals surface area contributed by atoms with Crippen molar-refractivity contribution in [2.45, 2.75) is 12.8 Å². The summed E-state index contributed by atoms with van der Waals surface area (Å²) in [5.41, 5.74) is 0.520. The molecule has 1 aromatic heterocycles. The molecule has 1 atom stereocenters. The Morgan fingerprint density at radius 2 is 2.31 bits per heavy atom. The SMILES string of the molecule is O=C(NCC1CCCNC1)c1cncnc1. The van der Waals surface area contributed by atoms with Gasteiger partial charge in [0.2, 0.25) is 0 Å². The maximum Gasteiger partial charge on any atom is 0.254 e. The van der Waals surface area contributed by atoms with E-state index in [9.17, 15) is 4.79 Å². The van der Waals surface area contributed by atoms with Crippen molar-refractivity contribution in [1.29, 1.82) is 0 Å². The molecule has 1 aliphatic rings. The van der Waals surface area contributed by atoms with Crippen LogP contribution in [0.1, 0.15) is 23.2 Å². The summed E-state index contributed by atoms with van der Waals surface area (Å²) in [6.45, 7) is 2.81. The highest BCUT2D eigenvalue weighted by Crippen LogP contribution is 2.08. The minimum atomic E-state index is -0.0915. The van der Waals surface area contributed by atoms with Gasteiger partial charge in [-0.3, -0.25) is 4.79 Å². The second-order valence-corrected chi connectivity index (χ2v) is 4.05. The third kappa shape index (κ3) is 3.00. The highest BCUT2D eigenvalue weighted by Gasteiger charge is 2.14. The van der Waals surface area contributed by atoms with Crippen LogP contribution >= 0.6 is 0 Å². The predicted molar refractivity (Wildman–Crippen MR) is 60.0 cm³/mol. The molecule has 16 heavy (non-hydrogen) atoms. The molecule has 0 saturated carbocycles. The van der Waals surface area contributed by atoms with Gasteiger partial charge >= 0.3 is 0 Å². The molecule has 2 N–H and O–H groups in total. The lowest BCUT2D eigenvalue weighted by molar-refractivity contribution is 0.0944. The van der Waals surface area contributed by atoms with Crippen molar-refractivity contribution >= 4 is 5.91 Å². The van der Waals surface area contributed by atoms with E-state index >= 15 is 0 Å². The number of hydrogen-bond donors (Lipinski definition) is 2. The summed E-state index contributed by atoms with van der Waals surface area (Å²) in [5.74, 6) is 0.452. The molecule has 5 heteroatoms. The van der Waals surface area contributed by atoms with Gasteiger partial charge in [-0.1, -0.05) is 0 Å². The lowest BCUT2D eigenvalue weighted by Gasteiger charge is -2.22. The van der Waals surface area contributed by atoms with Gasteiger partial charge in [0.15, 0.2) is 0 Å². The number of piperidine rings is 1. The van der Waals surface area contributed by atoms with E-state index in [1.54, 1.807) is 0 Å². The van der Waals surface area contributed by atoms with Crippen LogP contribution in [-0.2, 0) is 0 Å². The summed E-state index contributed by atoms with van der Waals surface area (Å²) in [4.78, 5) is 19.3. The number of rotatable bonds is 3. The van der Waals surface area contributed by atoms with E-state index in [4.69, 9.17) is 0 Å². The Kier molecular flexibility index (Phi) is 3.82. The highest BCUT2D eigenvalue weighted by molar-refractivity contribution is 5.93. The Morgan fingerprint density at radius 3 is 3.00 bits per heavy atom. The molecule has 1 saturated heterocycles. The van der Waals surface area contributed by atoms with Crippen molar-refractivity contribution in [2.24, 2.45) is 5.92 Å². The Balaban J connectivity index is 1.79. The number of hydrogen-bond acceptors (Lipinski definition) is 4. The van der Waals surface area contributed by atoms with Crippen molar-refractivity contribution in [3.8, 4) is 0 Å². The van der Waals surface area contributed by atoms with Crippen molar-refractivity contribution in [1.82, 2.24) is 20.6 Å². The predicted octanol–water partition coefficient (Wildman–Crippen LogP) is 0.206. The molecule has 2 heterocycles. The van der Waals surface area contributed by atoms with Crippen molar-refractivity contribution in [3.05, 3.63) is 24.3 Å². The molecule has 1 unspecified atom stereocenters. The zero-order chi connectivity index (χ0) is 11.2. The quantitative estimate of drug-likeness (QED) is 0.764. The summed E-state index contributed by atoms with van der Waals surface area (Å²) in [6.07, 6.45) is 6.85. The maximum absolute atomic E-state index is 11.7. The third-order valence-corrected chi connectivity index (χ3v) is 2.77. The number of carbonyl (C=O) groups is 1. The fraction of sp³-hybridized carbons (Fsp3) is 0.545. The van der Waals surface area contributed by atoms with Crippen LogP contribution in [0.25, 0.3) is 0 Å². The summed E-state index contributed by atoms with van der Waals surface area (Å²) >= 11 is 0. The van der Waals surface area contributed by atoms with Gasteiger partial charge in [-0.05, 0) is 31.8 Å². The molecule has 86 valence electrons. The molecule has 0 bridgehead atoms. The minimum absolute atomic E-state index is 0.0915. The van der Waals surface area contributed by atoms with Crippen LogP contribution in [0.15, 0.2) is 18.7 Å². The van der Waals surface area contributed by atoms with E-state index in [0.29, 0.717) is 11.5 Å². The molecule has 0 radical (unpaired) electrons. The summed E-state index contributed by atoms with van der Waals surface area (Å²) < 4.78 is 0. The van der Waals surface area contributed by atoms with Gasteiger partial charge in [-0.2, -0.15) is 0 Å². The largest absolute Gasteiger partial charge is 0.352 e. The number of nitrogens with one attached hydrogen (secondary N) is 2. The van der Waals surface area contributed by atoms with Crippen LogP contribution < -0.4 is 10.6 Å². The smallest absolute Gasteiger partial charge is 0.254 e. The number of carbonyl (C=O) groups excluding carboxylic acids is 1. The molecule has 1 aliphatic heterocycles. The minimum Gasteiger partial charge on any atom is -0.352 e. The Bertz CT molecular complexity index is 335. The van der Waals surface area contributed by atoms with Gasteiger partial charge in [0.25, 0.3) is 5.91 Å². The van der Waals surface area contributed by atoms with E-state index in [2.05, 4.69) is 20.6 Å². The zero-order valence-electron chi connectivity index (χ0n) is 9.15. The van der Waals surface area contributed by atoms with Crippen LogP contribution in [0.3, 0.4) is 0 Å². The Labute approximate surface area is 94.7 Å². The average Bonchev–Trinajstić information content (AvgIpc) is 2.38.